The molecule has 1 amide bonds. The highest BCUT2D eigenvalue weighted by atomic mass is 35.5. The number of carbonyl (C=O) groups excluding carboxylic acids is 1. The highest BCUT2D eigenvalue weighted by molar-refractivity contribution is 6.39. The van der Waals surface area contributed by atoms with Gasteiger partial charge in [0.1, 0.15) is 6.04 Å². The molecule has 1 saturated heterocycles. The third-order valence-corrected chi connectivity index (χ3v) is 6.50. The number of hydrogen-bond acceptors (Lipinski definition) is 4. The van der Waals surface area contributed by atoms with Crippen LogP contribution in [0.25, 0.3) is 6.08 Å². The fourth-order valence-electron chi connectivity index (χ4n) is 4.01. The molecule has 1 aliphatic heterocycles. The summed E-state index contributed by atoms with van der Waals surface area (Å²) in [5.74, 6) is -1.77. The van der Waals surface area contributed by atoms with Gasteiger partial charge in [-0.3, -0.25) is 4.79 Å². The van der Waals surface area contributed by atoms with Crippen LogP contribution in [-0.4, -0.2) is 50.0 Å². The first-order valence-corrected chi connectivity index (χ1v) is 11.4. The summed E-state index contributed by atoms with van der Waals surface area (Å²) in [4.78, 5) is 24.2. The normalized spacial score (nSPS) is 16.5. The molecule has 176 valence electrons. The van der Waals surface area contributed by atoms with E-state index < -0.39 is 17.9 Å². The number of nitrogens with one attached hydrogen (secondary N) is 1. The zero-order valence-corrected chi connectivity index (χ0v) is 19.9. The van der Waals surface area contributed by atoms with Gasteiger partial charge in [0.05, 0.1) is 22.2 Å². The molecule has 0 aromatic heterocycles. The maximum absolute atomic E-state index is 12.5. The second-order valence-corrected chi connectivity index (χ2v) is 8.86. The van der Waals surface area contributed by atoms with Crippen LogP contribution in [0.3, 0.4) is 0 Å². The molecule has 0 radical (unpaired) electrons. The van der Waals surface area contributed by atoms with Crippen LogP contribution in [0, 0.1) is 0 Å². The fourth-order valence-corrected chi connectivity index (χ4v) is 4.58. The van der Waals surface area contributed by atoms with Crippen molar-refractivity contribution >= 4 is 41.2 Å². The molecule has 2 aromatic carbocycles. The van der Waals surface area contributed by atoms with E-state index in [4.69, 9.17) is 32.7 Å². The van der Waals surface area contributed by atoms with Crippen LogP contribution in [0.2, 0.25) is 10.0 Å². The number of hydrogen-bond donors (Lipinski definition) is 2. The van der Waals surface area contributed by atoms with Gasteiger partial charge in [-0.2, -0.15) is 0 Å². The highest BCUT2D eigenvalue weighted by Crippen LogP contribution is 2.35. The highest BCUT2D eigenvalue weighted by Gasteiger charge is 2.34. The van der Waals surface area contributed by atoms with Gasteiger partial charge in [-0.15, -0.1) is 0 Å². The van der Waals surface area contributed by atoms with Crippen LogP contribution in [0.15, 0.2) is 48.5 Å². The Morgan fingerprint density at radius 2 is 1.79 bits per heavy atom. The predicted octanol–water partition coefficient (Wildman–Crippen LogP) is 4.97. The number of carbonyl (C=O) groups is 2. The lowest BCUT2D eigenvalue weighted by molar-refractivity contribution is -0.139. The number of benzene rings is 2. The summed E-state index contributed by atoms with van der Waals surface area (Å²) in [5.41, 5.74) is 2.15. The second-order valence-electron chi connectivity index (χ2n) is 8.05. The number of rotatable bonds is 9. The van der Waals surface area contributed by atoms with Crippen molar-refractivity contribution in [3.63, 3.8) is 0 Å². The molecule has 3 rings (SSSR count). The summed E-state index contributed by atoms with van der Waals surface area (Å²) in [5, 5.41) is 12.3. The largest absolute Gasteiger partial charge is 0.480 e. The molecule has 2 aromatic rings. The lowest BCUT2D eigenvalue weighted by Crippen LogP contribution is -2.40. The molecule has 1 aliphatic rings. The molecule has 0 bridgehead atoms. The Bertz CT molecular complexity index is 975. The summed E-state index contributed by atoms with van der Waals surface area (Å²) in [7, 11) is 1.71. The number of carboxylic acids is 1. The number of halogens is 2. The van der Waals surface area contributed by atoms with Gasteiger partial charge in [0, 0.05) is 25.7 Å². The molecule has 8 heteroatoms. The number of methoxy groups -OCH3 is 1. The minimum atomic E-state index is -1.15. The maximum atomic E-state index is 12.5. The van der Waals surface area contributed by atoms with Crippen LogP contribution in [0.4, 0.5) is 0 Å². The Hall–Kier alpha value is -2.38. The Balaban J connectivity index is 1.66. The van der Waals surface area contributed by atoms with Crippen LogP contribution in [0.1, 0.15) is 40.7 Å². The Labute approximate surface area is 203 Å². The standard InChI is InChI=1S/C25H27Cl2NO5/c1-32-16-25(12-14-33-15-13-25)18-10-8-17(9-11-18)4-2-7-21(24(30)31)28-23(29)22-19(26)5-3-6-20(22)27/h2-6,8-11,21H,7,12-16H2,1H3,(H,28,29)(H,30,31). The van der Waals surface area contributed by atoms with Crippen molar-refractivity contribution in [3.05, 3.63) is 75.3 Å². The van der Waals surface area contributed by atoms with Crippen molar-refractivity contribution in [1.29, 1.82) is 0 Å². The van der Waals surface area contributed by atoms with Crippen molar-refractivity contribution in [1.82, 2.24) is 5.32 Å². The summed E-state index contributed by atoms with van der Waals surface area (Å²) in [6.45, 7) is 2.07. The van der Waals surface area contributed by atoms with Gasteiger partial charge >= 0.3 is 5.97 Å². The zero-order chi connectivity index (χ0) is 23.8. The summed E-state index contributed by atoms with van der Waals surface area (Å²) in [6, 6.07) is 11.7. The second kappa shape index (κ2) is 11.7. The third-order valence-electron chi connectivity index (χ3n) is 5.87. The van der Waals surface area contributed by atoms with Gasteiger partial charge in [-0.25, -0.2) is 4.79 Å². The summed E-state index contributed by atoms with van der Waals surface area (Å²) >= 11 is 12.1. The molecule has 0 aliphatic carbocycles. The van der Waals surface area contributed by atoms with E-state index in [2.05, 4.69) is 17.4 Å². The van der Waals surface area contributed by atoms with Crippen LogP contribution in [-0.2, 0) is 19.7 Å². The van der Waals surface area contributed by atoms with Gasteiger partial charge in [-0.1, -0.05) is 65.7 Å². The first kappa shape index (κ1) is 25.2. The van der Waals surface area contributed by atoms with Gasteiger partial charge in [0.2, 0.25) is 0 Å². The summed E-state index contributed by atoms with van der Waals surface area (Å²) in [6.07, 6.45) is 5.48. The molecule has 6 nitrogen and oxygen atoms in total. The minimum Gasteiger partial charge on any atom is -0.480 e. The predicted molar refractivity (Wildman–Crippen MR) is 129 cm³/mol. The van der Waals surface area contributed by atoms with E-state index in [1.807, 2.05) is 18.2 Å². The topological polar surface area (TPSA) is 84.9 Å². The first-order valence-electron chi connectivity index (χ1n) is 10.7. The molecule has 2 N–H and O–H groups in total. The third kappa shape index (κ3) is 6.36. The molecule has 0 spiro atoms. The van der Waals surface area contributed by atoms with Crippen molar-refractivity contribution in [2.75, 3.05) is 26.9 Å². The SMILES string of the molecule is COCC1(c2ccc(C=CCC(NC(=O)c3c(Cl)cccc3Cl)C(=O)O)cc2)CCOCC1. The van der Waals surface area contributed by atoms with E-state index in [0.29, 0.717) is 19.8 Å². The number of ether oxygens (including phenoxy) is 2. The van der Waals surface area contributed by atoms with Crippen molar-refractivity contribution in [2.45, 2.75) is 30.7 Å². The van der Waals surface area contributed by atoms with E-state index >= 15 is 0 Å². The van der Waals surface area contributed by atoms with Crippen molar-refractivity contribution in [3.8, 4) is 0 Å². The number of aliphatic carboxylic acids is 1. The first-order chi connectivity index (χ1) is 15.9. The smallest absolute Gasteiger partial charge is 0.326 e. The molecular weight excluding hydrogens is 465 g/mol. The van der Waals surface area contributed by atoms with Crippen LogP contribution in [0.5, 0.6) is 0 Å². The Kier molecular flexibility index (Phi) is 8.92. The van der Waals surface area contributed by atoms with Gasteiger partial charge < -0.3 is 19.9 Å². The number of amides is 1. The van der Waals surface area contributed by atoms with Gasteiger partial charge in [0.15, 0.2) is 0 Å². The average molecular weight is 492 g/mol. The van der Waals surface area contributed by atoms with Crippen molar-refractivity contribution in [2.24, 2.45) is 0 Å². The van der Waals surface area contributed by atoms with Gasteiger partial charge in [0.25, 0.3) is 5.91 Å². The molecule has 1 heterocycles. The quantitative estimate of drug-likeness (QED) is 0.516. The van der Waals surface area contributed by atoms with Crippen LogP contribution >= 0.6 is 23.2 Å². The Morgan fingerprint density at radius 1 is 1.15 bits per heavy atom. The molecule has 1 fully saturated rings. The van der Waals surface area contributed by atoms with E-state index in [9.17, 15) is 14.7 Å². The fraction of sp³-hybridized carbons (Fsp3) is 0.360. The molecule has 1 atom stereocenters. The molecule has 1 unspecified atom stereocenters. The van der Waals surface area contributed by atoms with Gasteiger partial charge in [-0.05, 0) is 42.5 Å². The van der Waals surface area contributed by atoms with E-state index in [1.54, 1.807) is 19.3 Å². The van der Waals surface area contributed by atoms with E-state index in [-0.39, 0.29) is 27.4 Å². The minimum absolute atomic E-state index is 0.0477. The van der Waals surface area contributed by atoms with E-state index in [0.717, 1.165) is 18.4 Å². The lowest BCUT2D eigenvalue weighted by Gasteiger charge is -2.37. The lowest BCUT2D eigenvalue weighted by atomic mass is 9.74. The maximum Gasteiger partial charge on any atom is 0.326 e. The molecule has 33 heavy (non-hydrogen) atoms. The zero-order valence-electron chi connectivity index (χ0n) is 18.4. The average Bonchev–Trinajstić information content (AvgIpc) is 2.79. The van der Waals surface area contributed by atoms with E-state index in [1.165, 1.54) is 17.7 Å². The summed E-state index contributed by atoms with van der Waals surface area (Å²) < 4.78 is 11.0. The number of carboxylic acid groups (broad SMARTS) is 1. The monoisotopic (exact) mass is 491 g/mol. The molecular formula is C25H27Cl2NO5. The van der Waals surface area contributed by atoms with Crippen molar-refractivity contribution < 1.29 is 24.2 Å². The Morgan fingerprint density at radius 3 is 2.36 bits per heavy atom. The molecule has 0 saturated carbocycles. The van der Waals surface area contributed by atoms with Crippen LogP contribution < -0.4 is 5.32 Å².